The first-order valence-corrected chi connectivity index (χ1v) is 4.89. The number of aromatic carboxylic acids is 1. The fraction of sp³-hybridized carbons (Fsp3) is 0.0909. The van der Waals surface area contributed by atoms with E-state index in [1.165, 1.54) is 28.9 Å². The first kappa shape index (κ1) is 11.1. The first-order chi connectivity index (χ1) is 8.11. The van der Waals surface area contributed by atoms with Crippen molar-refractivity contribution in [1.82, 2.24) is 9.78 Å². The minimum absolute atomic E-state index is 0.0985. The Hall–Kier alpha value is -2.37. The molecule has 1 aromatic heterocycles. The summed E-state index contributed by atoms with van der Waals surface area (Å²) in [6, 6.07) is 7.14. The van der Waals surface area contributed by atoms with Gasteiger partial charge in [0.15, 0.2) is 5.69 Å². The van der Waals surface area contributed by atoms with E-state index in [9.17, 15) is 9.18 Å². The van der Waals surface area contributed by atoms with Crippen molar-refractivity contribution < 1.29 is 14.3 Å². The number of benzene rings is 1. The molecule has 2 N–H and O–H groups in total. The Morgan fingerprint density at radius 2 is 2.24 bits per heavy atom. The van der Waals surface area contributed by atoms with Crippen molar-refractivity contribution in [3.8, 4) is 5.69 Å². The van der Waals surface area contributed by atoms with Gasteiger partial charge in [0.25, 0.3) is 0 Å². The third kappa shape index (κ3) is 2.10. The number of nitrogens with one attached hydrogen (secondary N) is 1. The van der Waals surface area contributed by atoms with Crippen LogP contribution in [0.2, 0.25) is 0 Å². The van der Waals surface area contributed by atoms with Crippen LogP contribution in [0, 0.1) is 5.82 Å². The fourth-order valence-corrected chi connectivity index (χ4v) is 1.47. The van der Waals surface area contributed by atoms with E-state index >= 15 is 0 Å². The zero-order valence-electron chi connectivity index (χ0n) is 9.01. The van der Waals surface area contributed by atoms with E-state index in [1.54, 1.807) is 13.1 Å². The molecule has 2 rings (SSSR count). The number of anilines is 1. The molecule has 17 heavy (non-hydrogen) atoms. The summed E-state index contributed by atoms with van der Waals surface area (Å²) in [6.07, 6.45) is 0. The second-order valence-corrected chi connectivity index (χ2v) is 3.36. The molecule has 0 aliphatic rings. The molecule has 1 heterocycles. The van der Waals surface area contributed by atoms with Crippen molar-refractivity contribution in [2.75, 3.05) is 12.4 Å². The summed E-state index contributed by atoms with van der Waals surface area (Å²) in [7, 11) is 1.64. The lowest BCUT2D eigenvalue weighted by Gasteiger charge is -2.05. The van der Waals surface area contributed by atoms with Crippen molar-refractivity contribution in [1.29, 1.82) is 0 Å². The molecule has 0 aliphatic heterocycles. The third-order valence-corrected chi connectivity index (χ3v) is 2.24. The van der Waals surface area contributed by atoms with Crippen molar-refractivity contribution in [3.63, 3.8) is 0 Å². The number of aromatic nitrogens is 2. The van der Waals surface area contributed by atoms with Crippen LogP contribution in [0.4, 0.5) is 10.2 Å². The van der Waals surface area contributed by atoms with Gasteiger partial charge in [0.1, 0.15) is 11.6 Å². The molecular weight excluding hydrogens is 225 g/mol. The van der Waals surface area contributed by atoms with E-state index in [4.69, 9.17) is 5.11 Å². The van der Waals surface area contributed by atoms with E-state index in [-0.39, 0.29) is 5.69 Å². The zero-order chi connectivity index (χ0) is 12.4. The topological polar surface area (TPSA) is 67.2 Å². The molecule has 0 radical (unpaired) electrons. The Labute approximate surface area is 96.5 Å². The molecular formula is C11H10FN3O2. The highest BCUT2D eigenvalue weighted by Gasteiger charge is 2.13. The number of rotatable bonds is 3. The van der Waals surface area contributed by atoms with Gasteiger partial charge in [-0.3, -0.25) is 0 Å². The first-order valence-electron chi connectivity index (χ1n) is 4.89. The molecule has 0 saturated heterocycles. The lowest BCUT2D eigenvalue weighted by atomic mass is 10.3. The van der Waals surface area contributed by atoms with Crippen LogP contribution in [0.1, 0.15) is 10.5 Å². The Bertz CT molecular complexity index is 566. The number of carboxylic acids is 1. The molecule has 0 unspecified atom stereocenters. The third-order valence-electron chi connectivity index (χ3n) is 2.24. The van der Waals surface area contributed by atoms with Gasteiger partial charge in [-0.25, -0.2) is 13.9 Å². The van der Waals surface area contributed by atoms with Crippen molar-refractivity contribution in [2.24, 2.45) is 0 Å². The second-order valence-electron chi connectivity index (χ2n) is 3.36. The largest absolute Gasteiger partial charge is 0.476 e. The van der Waals surface area contributed by atoms with E-state index in [2.05, 4.69) is 10.4 Å². The maximum absolute atomic E-state index is 13.1. The highest BCUT2D eigenvalue weighted by Crippen LogP contribution is 2.17. The van der Waals surface area contributed by atoms with Gasteiger partial charge in [-0.15, -0.1) is 0 Å². The Balaban J connectivity index is 2.54. The van der Waals surface area contributed by atoms with Gasteiger partial charge < -0.3 is 10.4 Å². The van der Waals surface area contributed by atoms with E-state index in [0.29, 0.717) is 11.5 Å². The van der Waals surface area contributed by atoms with Crippen LogP contribution in [0.5, 0.6) is 0 Å². The average Bonchev–Trinajstić information content (AvgIpc) is 2.73. The van der Waals surface area contributed by atoms with Crippen molar-refractivity contribution in [3.05, 3.63) is 41.8 Å². The predicted molar refractivity (Wildman–Crippen MR) is 60.0 cm³/mol. The monoisotopic (exact) mass is 235 g/mol. The Morgan fingerprint density at radius 1 is 1.47 bits per heavy atom. The Morgan fingerprint density at radius 3 is 2.82 bits per heavy atom. The van der Waals surface area contributed by atoms with Crippen LogP contribution >= 0.6 is 0 Å². The van der Waals surface area contributed by atoms with Gasteiger partial charge in [0.2, 0.25) is 0 Å². The summed E-state index contributed by atoms with van der Waals surface area (Å²) in [4.78, 5) is 10.8. The standard InChI is InChI=1S/C11H10FN3O2/c1-13-10-6-9(11(16)17)14-15(10)8-4-2-3-7(12)5-8/h2-6,13H,1H3,(H,16,17). The van der Waals surface area contributed by atoms with Crippen LogP contribution in [0.3, 0.4) is 0 Å². The Kier molecular flexibility index (Phi) is 2.78. The lowest BCUT2D eigenvalue weighted by Crippen LogP contribution is -2.04. The van der Waals surface area contributed by atoms with E-state index < -0.39 is 11.8 Å². The fourth-order valence-electron chi connectivity index (χ4n) is 1.47. The van der Waals surface area contributed by atoms with Gasteiger partial charge in [-0.1, -0.05) is 6.07 Å². The normalized spacial score (nSPS) is 10.2. The van der Waals surface area contributed by atoms with Gasteiger partial charge in [-0.2, -0.15) is 5.10 Å². The van der Waals surface area contributed by atoms with Gasteiger partial charge >= 0.3 is 5.97 Å². The van der Waals surface area contributed by atoms with Crippen LogP contribution < -0.4 is 5.32 Å². The SMILES string of the molecule is CNc1cc(C(=O)O)nn1-c1cccc(F)c1. The highest BCUT2D eigenvalue weighted by atomic mass is 19.1. The molecule has 0 bridgehead atoms. The smallest absolute Gasteiger partial charge is 0.356 e. The number of carbonyl (C=O) groups is 1. The van der Waals surface area contributed by atoms with Gasteiger partial charge in [0, 0.05) is 13.1 Å². The van der Waals surface area contributed by atoms with E-state index in [1.807, 2.05) is 0 Å². The summed E-state index contributed by atoms with van der Waals surface area (Å²) in [5.74, 6) is -1.05. The molecule has 0 atom stereocenters. The molecule has 88 valence electrons. The van der Waals surface area contributed by atoms with Crippen LogP contribution in [-0.2, 0) is 0 Å². The molecule has 1 aromatic carbocycles. The minimum atomic E-state index is -1.13. The quantitative estimate of drug-likeness (QED) is 0.850. The summed E-state index contributed by atoms with van der Waals surface area (Å²) in [5.41, 5.74) is 0.362. The zero-order valence-corrected chi connectivity index (χ0v) is 9.01. The number of carboxylic acid groups (broad SMARTS) is 1. The minimum Gasteiger partial charge on any atom is -0.476 e. The number of nitrogens with zero attached hydrogens (tertiary/aromatic N) is 2. The van der Waals surface area contributed by atoms with E-state index in [0.717, 1.165) is 0 Å². The molecule has 0 amide bonds. The second kappa shape index (κ2) is 4.25. The maximum Gasteiger partial charge on any atom is 0.356 e. The van der Waals surface area contributed by atoms with Crippen LogP contribution in [0.15, 0.2) is 30.3 Å². The summed E-state index contributed by atoms with van der Waals surface area (Å²) < 4.78 is 14.4. The van der Waals surface area contributed by atoms with Crippen LogP contribution in [-0.4, -0.2) is 27.9 Å². The molecule has 0 saturated carbocycles. The average molecular weight is 235 g/mol. The lowest BCUT2D eigenvalue weighted by molar-refractivity contribution is 0.0690. The summed E-state index contributed by atoms with van der Waals surface area (Å²) >= 11 is 0. The number of hydrogen-bond acceptors (Lipinski definition) is 3. The van der Waals surface area contributed by atoms with Crippen LogP contribution in [0.25, 0.3) is 5.69 Å². The number of halogens is 1. The highest BCUT2D eigenvalue weighted by molar-refractivity contribution is 5.86. The van der Waals surface area contributed by atoms with Gasteiger partial charge in [0.05, 0.1) is 5.69 Å². The molecule has 0 aliphatic carbocycles. The molecule has 2 aromatic rings. The maximum atomic E-state index is 13.1. The van der Waals surface area contributed by atoms with Gasteiger partial charge in [-0.05, 0) is 18.2 Å². The van der Waals surface area contributed by atoms with Crippen molar-refractivity contribution >= 4 is 11.8 Å². The summed E-state index contributed by atoms with van der Waals surface area (Å²) in [6.45, 7) is 0. The predicted octanol–water partition coefficient (Wildman–Crippen LogP) is 1.75. The van der Waals surface area contributed by atoms with Crippen molar-refractivity contribution in [2.45, 2.75) is 0 Å². The molecule has 0 spiro atoms. The number of hydrogen-bond donors (Lipinski definition) is 2. The summed E-state index contributed by atoms with van der Waals surface area (Å²) in [5, 5.41) is 15.5. The molecule has 5 nitrogen and oxygen atoms in total. The molecule has 0 fully saturated rings. The molecule has 6 heteroatoms.